The van der Waals surface area contributed by atoms with Crippen molar-refractivity contribution in [2.45, 2.75) is 19.8 Å². The Labute approximate surface area is 183 Å². The fourth-order valence-corrected chi connectivity index (χ4v) is 4.81. The van der Waals surface area contributed by atoms with Crippen LogP contribution in [0, 0.1) is 12.3 Å². The van der Waals surface area contributed by atoms with Crippen LogP contribution in [0.25, 0.3) is 16.8 Å². The second-order valence-corrected chi connectivity index (χ2v) is 9.23. The molecular weight excluding hydrogens is 446 g/mol. The Hall–Kier alpha value is -2.44. The maximum Gasteiger partial charge on any atom is 0.135 e. The predicted octanol–water partition coefficient (Wildman–Crippen LogP) is 6.08. The van der Waals surface area contributed by atoms with Crippen LogP contribution in [-0.2, 0) is 6.42 Å². The van der Waals surface area contributed by atoms with Crippen molar-refractivity contribution >= 4 is 38.7 Å². The Morgan fingerprint density at radius 1 is 1.14 bits per heavy atom. The van der Waals surface area contributed by atoms with E-state index in [-0.39, 0.29) is 5.76 Å². The number of aliphatic hydroxyl groups excluding tert-OH is 1. The minimum absolute atomic E-state index is 0.241. The maximum absolute atomic E-state index is 10.6. The SMILES string of the molecule is Cc1sc(C2=C(O)CN(CCCc3ccccc3)C2=N)nc1-c1ccc(Br)cc1. The van der Waals surface area contributed by atoms with E-state index in [9.17, 15) is 5.11 Å². The topological polar surface area (TPSA) is 60.2 Å². The van der Waals surface area contributed by atoms with E-state index in [0.29, 0.717) is 23.0 Å². The van der Waals surface area contributed by atoms with Crippen LogP contribution in [0.5, 0.6) is 0 Å². The van der Waals surface area contributed by atoms with Crippen LogP contribution >= 0.6 is 27.3 Å². The zero-order chi connectivity index (χ0) is 20.4. The number of aromatic nitrogens is 1. The molecule has 6 heteroatoms. The van der Waals surface area contributed by atoms with Gasteiger partial charge in [-0.05, 0) is 37.5 Å². The fourth-order valence-electron chi connectivity index (χ4n) is 3.55. The van der Waals surface area contributed by atoms with Crippen LogP contribution in [0.2, 0.25) is 0 Å². The molecule has 0 saturated carbocycles. The average Bonchev–Trinajstić information content (AvgIpc) is 3.22. The van der Waals surface area contributed by atoms with E-state index in [1.807, 2.05) is 54.3 Å². The summed E-state index contributed by atoms with van der Waals surface area (Å²) in [6, 6.07) is 18.4. The number of hydrogen-bond donors (Lipinski definition) is 2. The molecule has 0 atom stereocenters. The van der Waals surface area contributed by atoms with Gasteiger partial charge in [0.05, 0.1) is 17.8 Å². The van der Waals surface area contributed by atoms with Crippen LogP contribution in [0.1, 0.15) is 21.9 Å². The molecule has 1 aliphatic heterocycles. The van der Waals surface area contributed by atoms with Gasteiger partial charge in [0, 0.05) is 21.5 Å². The zero-order valence-electron chi connectivity index (χ0n) is 16.2. The van der Waals surface area contributed by atoms with Crippen LogP contribution in [-0.4, -0.2) is 33.9 Å². The number of amidine groups is 1. The summed E-state index contributed by atoms with van der Waals surface area (Å²) in [7, 11) is 0. The van der Waals surface area contributed by atoms with Crippen LogP contribution < -0.4 is 0 Å². The van der Waals surface area contributed by atoms with Gasteiger partial charge in [0.25, 0.3) is 0 Å². The maximum atomic E-state index is 10.6. The molecule has 0 unspecified atom stereocenters. The summed E-state index contributed by atoms with van der Waals surface area (Å²) in [5.74, 6) is 0.609. The van der Waals surface area contributed by atoms with E-state index in [2.05, 4.69) is 28.1 Å². The van der Waals surface area contributed by atoms with E-state index in [1.165, 1.54) is 16.9 Å². The first-order valence-corrected chi connectivity index (χ1v) is 11.2. The molecule has 0 radical (unpaired) electrons. The van der Waals surface area contributed by atoms with Gasteiger partial charge < -0.3 is 10.0 Å². The molecule has 0 fully saturated rings. The van der Waals surface area contributed by atoms with Crippen LogP contribution in [0.15, 0.2) is 64.8 Å². The smallest absolute Gasteiger partial charge is 0.135 e. The van der Waals surface area contributed by atoms with Gasteiger partial charge in [0.1, 0.15) is 16.6 Å². The summed E-state index contributed by atoms with van der Waals surface area (Å²) in [5, 5.41) is 19.9. The number of aryl methyl sites for hydroxylation is 2. The first-order chi connectivity index (χ1) is 14.0. The van der Waals surface area contributed by atoms with Crippen LogP contribution in [0.4, 0.5) is 0 Å². The summed E-state index contributed by atoms with van der Waals surface area (Å²) >= 11 is 4.99. The third-order valence-electron chi connectivity index (χ3n) is 5.05. The summed E-state index contributed by atoms with van der Waals surface area (Å²) in [4.78, 5) is 7.79. The Morgan fingerprint density at radius 2 is 1.86 bits per heavy atom. The van der Waals surface area contributed by atoms with Crippen molar-refractivity contribution in [3.8, 4) is 11.3 Å². The Bertz CT molecular complexity index is 1060. The minimum Gasteiger partial charge on any atom is -0.510 e. The predicted molar refractivity (Wildman–Crippen MR) is 124 cm³/mol. The Balaban J connectivity index is 1.47. The van der Waals surface area contributed by atoms with E-state index in [1.54, 1.807) is 0 Å². The second kappa shape index (κ2) is 8.51. The second-order valence-electron chi connectivity index (χ2n) is 7.11. The molecule has 148 valence electrons. The highest BCUT2D eigenvalue weighted by atomic mass is 79.9. The molecule has 1 aromatic heterocycles. The van der Waals surface area contributed by atoms with Crippen molar-refractivity contribution < 1.29 is 5.11 Å². The summed E-state index contributed by atoms with van der Waals surface area (Å²) < 4.78 is 1.03. The molecule has 0 amide bonds. The molecule has 3 aromatic rings. The number of thiazole rings is 1. The molecule has 4 nitrogen and oxygen atoms in total. The highest BCUT2D eigenvalue weighted by Crippen LogP contribution is 2.35. The van der Waals surface area contributed by atoms with Crippen molar-refractivity contribution in [1.82, 2.24) is 9.88 Å². The van der Waals surface area contributed by atoms with Crippen molar-refractivity contribution in [2.75, 3.05) is 13.1 Å². The number of halogens is 1. The van der Waals surface area contributed by atoms with E-state index in [4.69, 9.17) is 10.4 Å². The fraction of sp³-hybridized carbons (Fsp3) is 0.217. The molecule has 4 rings (SSSR count). The molecule has 2 aromatic carbocycles. The summed E-state index contributed by atoms with van der Waals surface area (Å²) in [6.07, 6.45) is 1.90. The first kappa shape index (κ1) is 19.9. The molecule has 0 bridgehead atoms. The molecule has 2 heterocycles. The minimum atomic E-state index is 0.241. The van der Waals surface area contributed by atoms with Crippen LogP contribution in [0.3, 0.4) is 0 Å². The first-order valence-electron chi connectivity index (χ1n) is 9.56. The lowest BCUT2D eigenvalue weighted by Crippen LogP contribution is -2.28. The quantitative estimate of drug-likeness (QED) is 0.461. The standard InChI is InChI=1S/C23H22BrN3OS/c1-15-21(17-9-11-18(24)12-10-17)26-23(29-15)20-19(28)14-27(22(20)25)13-5-8-16-6-3-2-4-7-16/h2-4,6-7,9-12,25,28H,5,8,13-14H2,1H3. The summed E-state index contributed by atoms with van der Waals surface area (Å²) in [6.45, 7) is 3.16. The third-order valence-corrected chi connectivity index (χ3v) is 6.56. The van der Waals surface area contributed by atoms with Gasteiger partial charge in [0.2, 0.25) is 0 Å². The van der Waals surface area contributed by atoms with Gasteiger partial charge in [-0.1, -0.05) is 58.4 Å². The molecular formula is C23H22BrN3OS. The summed E-state index contributed by atoms with van der Waals surface area (Å²) in [5.41, 5.74) is 3.82. The Kier molecular flexibility index (Phi) is 5.83. The van der Waals surface area contributed by atoms with Gasteiger partial charge in [0.15, 0.2) is 0 Å². The molecule has 0 aliphatic carbocycles. The van der Waals surface area contributed by atoms with Crippen molar-refractivity contribution in [3.63, 3.8) is 0 Å². The lowest BCUT2D eigenvalue weighted by atomic mass is 10.1. The number of hydrogen-bond acceptors (Lipinski definition) is 4. The lowest BCUT2D eigenvalue weighted by Gasteiger charge is -2.18. The zero-order valence-corrected chi connectivity index (χ0v) is 18.6. The largest absolute Gasteiger partial charge is 0.510 e. The molecule has 1 aliphatic rings. The highest BCUT2D eigenvalue weighted by molar-refractivity contribution is 9.10. The van der Waals surface area contributed by atoms with Crippen molar-refractivity contribution in [3.05, 3.63) is 80.3 Å². The number of nitrogens with zero attached hydrogens (tertiary/aromatic N) is 2. The van der Waals surface area contributed by atoms with Gasteiger partial charge in [-0.2, -0.15) is 0 Å². The molecule has 2 N–H and O–H groups in total. The monoisotopic (exact) mass is 467 g/mol. The molecule has 0 spiro atoms. The normalized spacial score (nSPS) is 14.1. The van der Waals surface area contributed by atoms with E-state index in [0.717, 1.165) is 40.0 Å². The number of benzene rings is 2. The van der Waals surface area contributed by atoms with Gasteiger partial charge in [-0.15, -0.1) is 11.3 Å². The average molecular weight is 468 g/mol. The van der Waals surface area contributed by atoms with Crippen molar-refractivity contribution in [1.29, 1.82) is 5.41 Å². The van der Waals surface area contributed by atoms with Gasteiger partial charge in [-0.25, -0.2) is 4.98 Å². The number of aliphatic hydroxyl groups is 1. The van der Waals surface area contributed by atoms with E-state index >= 15 is 0 Å². The number of rotatable bonds is 6. The Morgan fingerprint density at radius 3 is 2.59 bits per heavy atom. The van der Waals surface area contributed by atoms with E-state index < -0.39 is 0 Å². The van der Waals surface area contributed by atoms with Gasteiger partial charge >= 0.3 is 0 Å². The number of nitrogens with one attached hydrogen (secondary N) is 1. The molecule has 0 saturated heterocycles. The van der Waals surface area contributed by atoms with Crippen molar-refractivity contribution in [2.24, 2.45) is 0 Å². The molecule has 29 heavy (non-hydrogen) atoms. The third kappa shape index (κ3) is 4.28. The lowest BCUT2D eigenvalue weighted by molar-refractivity contribution is 0.347. The highest BCUT2D eigenvalue weighted by Gasteiger charge is 2.30. The van der Waals surface area contributed by atoms with Gasteiger partial charge in [-0.3, -0.25) is 5.41 Å².